The largest absolute Gasteiger partial charge is 0.450 e. The van der Waals surface area contributed by atoms with Crippen molar-refractivity contribution in [1.29, 1.82) is 0 Å². The van der Waals surface area contributed by atoms with E-state index in [1.165, 1.54) is 17.8 Å². The van der Waals surface area contributed by atoms with E-state index in [2.05, 4.69) is 5.32 Å². The third kappa shape index (κ3) is 4.15. The Hall–Kier alpha value is -2.44. The first-order valence-corrected chi connectivity index (χ1v) is 8.96. The quantitative estimate of drug-likeness (QED) is 0.521. The van der Waals surface area contributed by atoms with E-state index in [-0.39, 0.29) is 5.76 Å². The molecule has 0 fully saturated rings. The summed E-state index contributed by atoms with van der Waals surface area (Å²) >= 11 is 7.41. The standard InChI is InChI=1S/C18H14ClNO4S/c1-25-16-5-3-2-4-13(16)20-17(21)10-23-18(22)15-9-11-8-12(19)6-7-14(11)24-15/h2-9H,10H2,1H3,(H,20,21). The summed E-state index contributed by atoms with van der Waals surface area (Å²) in [6, 6.07) is 13.9. The molecule has 0 unspecified atom stereocenters. The van der Waals surface area contributed by atoms with Crippen LogP contribution in [0.2, 0.25) is 5.02 Å². The molecule has 1 aromatic heterocycles. The van der Waals surface area contributed by atoms with Gasteiger partial charge in [0.2, 0.25) is 5.76 Å². The first-order chi connectivity index (χ1) is 12.1. The van der Waals surface area contributed by atoms with E-state index in [0.717, 1.165) is 4.90 Å². The number of halogens is 1. The number of benzene rings is 2. The van der Waals surface area contributed by atoms with Crippen molar-refractivity contribution in [3.63, 3.8) is 0 Å². The molecule has 7 heteroatoms. The van der Waals surface area contributed by atoms with Gasteiger partial charge in [0.15, 0.2) is 6.61 Å². The summed E-state index contributed by atoms with van der Waals surface area (Å²) in [4.78, 5) is 25.0. The summed E-state index contributed by atoms with van der Waals surface area (Å²) in [7, 11) is 0. The van der Waals surface area contributed by atoms with E-state index >= 15 is 0 Å². The highest BCUT2D eigenvalue weighted by atomic mass is 35.5. The van der Waals surface area contributed by atoms with Gasteiger partial charge in [-0.1, -0.05) is 23.7 Å². The Labute approximate surface area is 153 Å². The Kier molecular flexibility index (Phi) is 5.31. The minimum Gasteiger partial charge on any atom is -0.450 e. The number of rotatable bonds is 5. The van der Waals surface area contributed by atoms with E-state index in [1.54, 1.807) is 24.3 Å². The number of fused-ring (bicyclic) bond motifs is 1. The Bertz CT molecular complexity index is 938. The summed E-state index contributed by atoms with van der Waals surface area (Å²) in [6.07, 6.45) is 1.92. The fourth-order valence-electron chi connectivity index (χ4n) is 2.25. The average Bonchev–Trinajstić information content (AvgIpc) is 3.03. The van der Waals surface area contributed by atoms with Crippen LogP contribution in [0, 0.1) is 0 Å². The molecular formula is C18H14ClNO4S. The Morgan fingerprint density at radius 1 is 1.20 bits per heavy atom. The molecule has 0 saturated heterocycles. The lowest BCUT2D eigenvalue weighted by Crippen LogP contribution is -2.21. The molecule has 0 spiro atoms. The summed E-state index contributed by atoms with van der Waals surface area (Å²) in [5.41, 5.74) is 1.20. The third-order valence-electron chi connectivity index (χ3n) is 3.39. The molecular weight excluding hydrogens is 362 g/mol. The maximum atomic E-state index is 12.0. The van der Waals surface area contributed by atoms with Crippen molar-refractivity contribution in [1.82, 2.24) is 0 Å². The number of thioether (sulfide) groups is 1. The number of hydrogen-bond acceptors (Lipinski definition) is 5. The van der Waals surface area contributed by atoms with Crippen LogP contribution in [0.4, 0.5) is 5.69 Å². The molecule has 5 nitrogen and oxygen atoms in total. The van der Waals surface area contributed by atoms with Gasteiger partial charge in [-0.05, 0) is 42.7 Å². The highest BCUT2D eigenvalue weighted by molar-refractivity contribution is 7.98. The minimum absolute atomic E-state index is 0.0228. The van der Waals surface area contributed by atoms with Gasteiger partial charge in [-0.25, -0.2) is 4.79 Å². The van der Waals surface area contributed by atoms with Crippen molar-refractivity contribution in [2.75, 3.05) is 18.2 Å². The molecule has 0 aliphatic carbocycles. The maximum Gasteiger partial charge on any atom is 0.374 e. The SMILES string of the molecule is CSc1ccccc1NC(=O)COC(=O)c1cc2cc(Cl)ccc2o1. The van der Waals surface area contributed by atoms with Gasteiger partial charge in [0, 0.05) is 15.3 Å². The zero-order valence-corrected chi connectivity index (χ0v) is 14.8. The van der Waals surface area contributed by atoms with Gasteiger partial charge >= 0.3 is 5.97 Å². The monoisotopic (exact) mass is 375 g/mol. The first kappa shape index (κ1) is 17.4. The maximum absolute atomic E-state index is 12.0. The molecule has 0 atom stereocenters. The molecule has 0 bridgehead atoms. The first-order valence-electron chi connectivity index (χ1n) is 7.36. The van der Waals surface area contributed by atoms with Crippen LogP contribution in [-0.4, -0.2) is 24.7 Å². The number of carbonyl (C=O) groups excluding carboxylic acids is 2. The van der Waals surface area contributed by atoms with Crippen LogP contribution in [0.1, 0.15) is 10.6 Å². The lowest BCUT2D eigenvalue weighted by molar-refractivity contribution is -0.119. The van der Waals surface area contributed by atoms with Crippen LogP contribution in [-0.2, 0) is 9.53 Å². The van der Waals surface area contributed by atoms with Gasteiger partial charge in [-0.3, -0.25) is 4.79 Å². The number of carbonyl (C=O) groups is 2. The second-order valence-corrected chi connectivity index (χ2v) is 6.40. The molecule has 0 radical (unpaired) electrons. The number of ether oxygens (including phenoxy) is 1. The summed E-state index contributed by atoms with van der Waals surface area (Å²) in [6.45, 7) is -0.403. The van der Waals surface area contributed by atoms with Crippen molar-refractivity contribution >= 4 is 51.9 Å². The molecule has 3 aromatic rings. The Morgan fingerprint density at radius 3 is 2.80 bits per heavy atom. The van der Waals surface area contributed by atoms with E-state index in [1.807, 2.05) is 24.5 Å². The molecule has 128 valence electrons. The van der Waals surface area contributed by atoms with Crippen LogP contribution < -0.4 is 5.32 Å². The van der Waals surface area contributed by atoms with E-state index in [9.17, 15) is 9.59 Å². The van der Waals surface area contributed by atoms with Crippen LogP contribution in [0.5, 0.6) is 0 Å². The summed E-state index contributed by atoms with van der Waals surface area (Å²) in [5.74, 6) is -1.11. The van der Waals surface area contributed by atoms with E-state index in [0.29, 0.717) is 21.7 Å². The third-order valence-corrected chi connectivity index (χ3v) is 4.43. The average molecular weight is 376 g/mol. The van der Waals surface area contributed by atoms with Crippen LogP contribution in [0.15, 0.2) is 57.8 Å². The second kappa shape index (κ2) is 7.63. The predicted octanol–water partition coefficient (Wildman–Crippen LogP) is 4.60. The van der Waals surface area contributed by atoms with Crippen LogP contribution in [0.25, 0.3) is 11.0 Å². The van der Waals surface area contributed by atoms with E-state index < -0.39 is 18.5 Å². The normalized spacial score (nSPS) is 10.6. The van der Waals surface area contributed by atoms with Gasteiger partial charge in [-0.15, -0.1) is 11.8 Å². The molecule has 3 rings (SSSR count). The van der Waals surface area contributed by atoms with Gasteiger partial charge < -0.3 is 14.5 Å². The summed E-state index contributed by atoms with van der Waals surface area (Å²) < 4.78 is 10.4. The lowest BCUT2D eigenvalue weighted by atomic mass is 10.2. The van der Waals surface area contributed by atoms with Crippen LogP contribution >= 0.6 is 23.4 Å². The van der Waals surface area contributed by atoms with Gasteiger partial charge in [-0.2, -0.15) is 0 Å². The number of esters is 1. The number of anilines is 1. The van der Waals surface area contributed by atoms with Gasteiger partial charge in [0.05, 0.1) is 5.69 Å². The second-order valence-electron chi connectivity index (χ2n) is 5.12. The topological polar surface area (TPSA) is 68.5 Å². The van der Waals surface area contributed by atoms with Crippen LogP contribution in [0.3, 0.4) is 0 Å². The Morgan fingerprint density at radius 2 is 2.00 bits per heavy atom. The zero-order chi connectivity index (χ0) is 17.8. The molecule has 0 aliphatic heterocycles. The Balaban J connectivity index is 1.62. The van der Waals surface area contributed by atoms with Gasteiger partial charge in [0.1, 0.15) is 5.58 Å². The zero-order valence-electron chi connectivity index (χ0n) is 13.2. The lowest BCUT2D eigenvalue weighted by Gasteiger charge is -2.09. The fraction of sp³-hybridized carbons (Fsp3) is 0.111. The predicted molar refractivity (Wildman–Crippen MR) is 98.4 cm³/mol. The minimum atomic E-state index is -0.708. The highest BCUT2D eigenvalue weighted by Gasteiger charge is 2.16. The van der Waals surface area contributed by atoms with Crippen molar-refractivity contribution < 1.29 is 18.7 Å². The number of amides is 1. The van der Waals surface area contributed by atoms with E-state index in [4.69, 9.17) is 20.8 Å². The number of furan rings is 1. The molecule has 1 N–H and O–H groups in total. The number of hydrogen-bond donors (Lipinski definition) is 1. The van der Waals surface area contributed by atoms with Crippen molar-refractivity contribution in [3.05, 3.63) is 59.3 Å². The van der Waals surface area contributed by atoms with Crippen molar-refractivity contribution in [2.45, 2.75) is 4.90 Å². The molecule has 1 amide bonds. The fourth-order valence-corrected chi connectivity index (χ4v) is 2.99. The van der Waals surface area contributed by atoms with Crippen molar-refractivity contribution in [3.8, 4) is 0 Å². The van der Waals surface area contributed by atoms with Gasteiger partial charge in [0.25, 0.3) is 5.91 Å². The highest BCUT2D eigenvalue weighted by Crippen LogP contribution is 2.25. The van der Waals surface area contributed by atoms with Crippen molar-refractivity contribution in [2.24, 2.45) is 0 Å². The number of nitrogens with one attached hydrogen (secondary N) is 1. The molecule has 0 saturated carbocycles. The molecule has 0 aliphatic rings. The smallest absolute Gasteiger partial charge is 0.374 e. The summed E-state index contributed by atoms with van der Waals surface area (Å²) in [5, 5.41) is 3.95. The molecule has 1 heterocycles. The molecule has 25 heavy (non-hydrogen) atoms. The number of para-hydroxylation sites is 1. The molecule has 2 aromatic carbocycles.